The van der Waals surface area contributed by atoms with Crippen molar-refractivity contribution in [3.63, 3.8) is 0 Å². The highest BCUT2D eigenvalue weighted by Gasteiger charge is 2.25. The lowest BCUT2D eigenvalue weighted by atomic mass is 10.1. The van der Waals surface area contributed by atoms with Gasteiger partial charge in [0.1, 0.15) is 11.5 Å². The summed E-state index contributed by atoms with van der Waals surface area (Å²) in [7, 11) is 3.39. The Morgan fingerprint density at radius 1 is 1.16 bits per heavy atom. The molecular weight excluding hydrogens is 521 g/mol. The number of hydrogen-bond acceptors (Lipinski definition) is 5. The summed E-state index contributed by atoms with van der Waals surface area (Å²) in [5.74, 6) is 3.22. The van der Waals surface area contributed by atoms with E-state index in [2.05, 4.69) is 23.2 Å². The van der Waals surface area contributed by atoms with Crippen LogP contribution in [0.5, 0.6) is 11.5 Å². The number of ether oxygens (including phenoxy) is 4. The Balaban J connectivity index is 0.00000363. The van der Waals surface area contributed by atoms with Crippen LogP contribution in [0.4, 0.5) is 0 Å². The first-order valence-corrected chi connectivity index (χ1v) is 11.7. The van der Waals surface area contributed by atoms with Gasteiger partial charge in [-0.1, -0.05) is 0 Å². The minimum Gasteiger partial charge on any atom is -0.497 e. The van der Waals surface area contributed by atoms with Gasteiger partial charge in [-0.15, -0.1) is 24.0 Å². The van der Waals surface area contributed by atoms with Gasteiger partial charge in [-0.3, -0.25) is 0 Å². The van der Waals surface area contributed by atoms with Crippen LogP contribution < -0.4 is 14.8 Å². The molecule has 0 bridgehead atoms. The first-order valence-electron chi connectivity index (χ1n) is 11.7. The monoisotopic (exact) mass is 561 g/mol. The van der Waals surface area contributed by atoms with Crippen LogP contribution >= 0.6 is 24.0 Å². The van der Waals surface area contributed by atoms with Crippen LogP contribution in [-0.2, 0) is 16.0 Å². The van der Waals surface area contributed by atoms with Gasteiger partial charge in [0.2, 0.25) is 0 Å². The standard InChI is InChI=1S/C24H39N3O4.HI/c1-4-25-24(27-12-11-19(17-27)18-30-14-13-28-2)26-16-20-9-10-22(29-3)15-23(20)31-21-7-5-6-8-21;/h9-10,15,19,21H,4-8,11-14,16-18H2,1-3H3,(H,25,26);1H. The van der Waals surface area contributed by atoms with Gasteiger partial charge in [0.25, 0.3) is 0 Å². The van der Waals surface area contributed by atoms with Crippen molar-refractivity contribution in [1.82, 2.24) is 10.2 Å². The number of benzene rings is 1. The summed E-state index contributed by atoms with van der Waals surface area (Å²) >= 11 is 0. The average molecular weight is 562 g/mol. The summed E-state index contributed by atoms with van der Waals surface area (Å²) in [4.78, 5) is 7.29. The maximum atomic E-state index is 6.34. The van der Waals surface area contributed by atoms with E-state index in [1.54, 1.807) is 14.2 Å². The van der Waals surface area contributed by atoms with E-state index in [-0.39, 0.29) is 24.0 Å². The summed E-state index contributed by atoms with van der Waals surface area (Å²) in [6.07, 6.45) is 6.18. The molecule has 7 nitrogen and oxygen atoms in total. The first kappa shape index (κ1) is 27.0. The van der Waals surface area contributed by atoms with Gasteiger partial charge >= 0.3 is 0 Å². The summed E-state index contributed by atoms with van der Waals surface area (Å²) in [5, 5.41) is 3.46. The van der Waals surface area contributed by atoms with Crippen LogP contribution in [0.1, 0.15) is 44.6 Å². The highest BCUT2D eigenvalue weighted by Crippen LogP contribution is 2.30. The van der Waals surface area contributed by atoms with Gasteiger partial charge in [-0.25, -0.2) is 4.99 Å². The average Bonchev–Trinajstić information content (AvgIpc) is 3.47. The van der Waals surface area contributed by atoms with Crippen molar-refractivity contribution in [2.24, 2.45) is 10.9 Å². The lowest BCUT2D eigenvalue weighted by Crippen LogP contribution is -2.40. The highest BCUT2D eigenvalue weighted by molar-refractivity contribution is 14.0. The minimum atomic E-state index is 0. The van der Waals surface area contributed by atoms with Gasteiger partial charge in [0, 0.05) is 44.3 Å². The molecular formula is C24H40IN3O4. The number of aliphatic imine (C=N–C) groups is 1. The quantitative estimate of drug-likeness (QED) is 0.190. The third-order valence-corrected chi connectivity index (χ3v) is 5.97. The predicted molar refractivity (Wildman–Crippen MR) is 138 cm³/mol. The maximum absolute atomic E-state index is 6.34. The zero-order chi connectivity index (χ0) is 21.9. The lowest BCUT2D eigenvalue weighted by molar-refractivity contribution is 0.0536. The van der Waals surface area contributed by atoms with E-state index in [0.29, 0.717) is 31.8 Å². The van der Waals surface area contributed by atoms with Crippen LogP contribution in [-0.4, -0.2) is 70.6 Å². The molecule has 32 heavy (non-hydrogen) atoms. The van der Waals surface area contributed by atoms with E-state index in [9.17, 15) is 0 Å². The molecule has 1 saturated carbocycles. The Hall–Kier alpha value is -1.26. The van der Waals surface area contributed by atoms with E-state index in [1.807, 2.05) is 12.1 Å². The molecule has 2 aliphatic rings. The van der Waals surface area contributed by atoms with Crippen molar-refractivity contribution in [3.05, 3.63) is 23.8 Å². The number of hydrogen-bond donors (Lipinski definition) is 1. The molecule has 182 valence electrons. The zero-order valence-corrected chi connectivity index (χ0v) is 22.1. The molecule has 1 atom stereocenters. The minimum absolute atomic E-state index is 0. The second kappa shape index (κ2) is 14.8. The van der Waals surface area contributed by atoms with Crippen LogP contribution in [0.15, 0.2) is 23.2 Å². The molecule has 1 heterocycles. The van der Waals surface area contributed by atoms with E-state index in [1.165, 1.54) is 12.8 Å². The smallest absolute Gasteiger partial charge is 0.194 e. The molecule has 0 amide bonds. The lowest BCUT2D eigenvalue weighted by Gasteiger charge is -2.22. The predicted octanol–water partition coefficient (Wildman–Crippen LogP) is 4.09. The fraction of sp³-hybridized carbons (Fsp3) is 0.708. The van der Waals surface area contributed by atoms with Gasteiger partial charge < -0.3 is 29.2 Å². The number of nitrogens with zero attached hydrogens (tertiary/aromatic N) is 2. The first-order chi connectivity index (χ1) is 15.2. The summed E-state index contributed by atoms with van der Waals surface area (Å²) < 4.78 is 22.6. The number of rotatable bonds is 11. The molecule has 0 aromatic heterocycles. The van der Waals surface area contributed by atoms with Crippen molar-refractivity contribution in [2.75, 3.05) is 53.7 Å². The summed E-state index contributed by atoms with van der Waals surface area (Å²) in [6, 6.07) is 6.06. The molecule has 1 aliphatic carbocycles. The summed E-state index contributed by atoms with van der Waals surface area (Å²) in [6.45, 7) is 7.58. The SMILES string of the molecule is CCNC(=NCc1ccc(OC)cc1OC1CCCC1)N1CCC(COCCOC)C1.I. The largest absolute Gasteiger partial charge is 0.497 e. The zero-order valence-electron chi connectivity index (χ0n) is 19.8. The Morgan fingerprint density at radius 2 is 1.97 bits per heavy atom. The number of likely N-dealkylation sites (tertiary alicyclic amines) is 1. The van der Waals surface area contributed by atoms with Gasteiger partial charge in [-0.2, -0.15) is 0 Å². The molecule has 1 saturated heterocycles. The number of methoxy groups -OCH3 is 2. The van der Waals surface area contributed by atoms with Gasteiger partial charge in [0.15, 0.2) is 5.96 Å². The maximum Gasteiger partial charge on any atom is 0.194 e. The van der Waals surface area contributed by atoms with Crippen molar-refractivity contribution in [3.8, 4) is 11.5 Å². The molecule has 1 aromatic carbocycles. The molecule has 0 radical (unpaired) electrons. The Bertz CT molecular complexity index is 698. The van der Waals surface area contributed by atoms with Crippen LogP contribution in [0.25, 0.3) is 0 Å². The molecule has 1 unspecified atom stereocenters. The highest BCUT2D eigenvalue weighted by atomic mass is 127. The number of nitrogens with one attached hydrogen (secondary N) is 1. The number of halogens is 1. The second-order valence-corrected chi connectivity index (χ2v) is 8.34. The molecule has 1 aromatic rings. The fourth-order valence-corrected chi connectivity index (χ4v) is 4.23. The Morgan fingerprint density at radius 3 is 2.69 bits per heavy atom. The second-order valence-electron chi connectivity index (χ2n) is 8.34. The molecule has 2 fully saturated rings. The summed E-state index contributed by atoms with van der Waals surface area (Å²) in [5.41, 5.74) is 1.10. The van der Waals surface area contributed by atoms with Crippen LogP contribution in [0.2, 0.25) is 0 Å². The third-order valence-electron chi connectivity index (χ3n) is 5.97. The van der Waals surface area contributed by atoms with Crippen molar-refractivity contribution in [2.45, 2.75) is 51.7 Å². The molecule has 0 spiro atoms. The topological polar surface area (TPSA) is 64.6 Å². The van der Waals surface area contributed by atoms with E-state index >= 15 is 0 Å². The van der Waals surface area contributed by atoms with Crippen molar-refractivity contribution >= 4 is 29.9 Å². The molecule has 3 rings (SSSR count). The fourth-order valence-electron chi connectivity index (χ4n) is 4.23. The van der Waals surface area contributed by atoms with E-state index in [0.717, 1.165) is 68.5 Å². The Kier molecular flexibility index (Phi) is 12.5. The van der Waals surface area contributed by atoms with E-state index < -0.39 is 0 Å². The molecule has 1 aliphatic heterocycles. The van der Waals surface area contributed by atoms with Crippen molar-refractivity contribution < 1.29 is 18.9 Å². The van der Waals surface area contributed by atoms with Gasteiger partial charge in [-0.05, 0) is 51.2 Å². The van der Waals surface area contributed by atoms with E-state index in [4.69, 9.17) is 23.9 Å². The van der Waals surface area contributed by atoms with Crippen molar-refractivity contribution in [1.29, 1.82) is 0 Å². The molecule has 8 heteroatoms. The normalized spacial score (nSPS) is 19.2. The number of guanidine groups is 1. The van der Waals surface area contributed by atoms with Crippen LogP contribution in [0, 0.1) is 5.92 Å². The molecule has 1 N–H and O–H groups in total. The van der Waals surface area contributed by atoms with Crippen LogP contribution in [0.3, 0.4) is 0 Å². The van der Waals surface area contributed by atoms with Gasteiger partial charge in [0.05, 0.1) is 39.6 Å². The third kappa shape index (κ3) is 8.26. The Labute approximate surface area is 210 Å².